The molecule has 1 amide bonds. The molecule has 0 aliphatic heterocycles. The first-order valence-electron chi connectivity index (χ1n) is 2.58. The van der Waals surface area contributed by atoms with E-state index in [1.807, 2.05) is 0 Å². The topological polar surface area (TPSA) is 46.3 Å². The van der Waals surface area contributed by atoms with Crippen molar-refractivity contribution in [3.05, 3.63) is 12.3 Å². The van der Waals surface area contributed by atoms with Crippen LogP contribution < -0.4 is 3.93 Å². The Hall–Kier alpha value is -0.840. The fourth-order valence-corrected chi connectivity index (χ4v) is 0.652. The lowest BCUT2D eigenvalue weighted by Crippen LogP contribution is -2.15. The van der Waals surface area contributed by atoms with Gasteiger partial charge in [-0.05, 0) is 0 Å². The largest absolute Gasteiger partial charge is 0.363 e. The highest BCUT2D eigenvalue weighted by Crippen LogP contribution is 2.13. The minimum absolute atomic E-state index is 0.145. The number of nitrogens with zero attached hydrogens (tertiary/aromatic N) is 2. The lowest BCUT2D eigenvalue weighted by Gasteiger charge is -2.04. The normalized spacial score (nSPS) is 9.40. The summed E-state index contributed by atoms with van der Waals surface area (Å²) in [5.41, 5.74) is 0. The predicted octanol–water partition coefficient (Wildman–Crippen LogP) is 1.34. The number of amides is 1. The average molecular weight is 205 g/mol. The van der Waals surface area contributed by atoms with Gasteiger partial charge in [-0.2, -0.15) is 0 Å². The average Bonchev–Trinajstić information content (AvgIpc) is 2.36. The zero-order valence-electron chi connectivity index (χ0n) is 5.24. The summed E-state index contributed by atoms with van der Waals surface area (Å²) in [6, 6.07) is 1.58. The molecule has 1 aromatic rings. The molecule has 0 aromatic carbocycles. The van der Waals surface area contributed by atoms with Gasteiger partial charge in [-0.15, -0.1) is 0 Å². The molecular weight excluding hydrogens is 200 g/mol. The van der Waals surface area contributed by atoms with Crippen molar-refractivity contribution in [1.29, 1.82) is 0 Å². The molecule has 0 fully saturated rings. The van der Waals surface area contributed by atoms with Crippen molar-refractivity contribution in [1.82, 2.24) is 5.16 Å². The van der Waals surface area contributed by atoms with E-state index in [-0.39, 0.29) is 5.91 Å². The molecular formula is C5H5BrN2O2. The molecule has 0 bridgehead atoms. The van der Waals surface area contributed by atoms with E-state index in [9.17, 15) is 4.79 Å². The van der Waals surface area contributed by atoms with Gasteiger partial charge in [0.2, 0.25) is 5.91 Å². The third-order valence-electron chi connectivity index (χ3n) is 0.902. The second kappa shape index (κ2) is 2.83. The van der Waals surface area contributed by atoms with Crippen molar-refractivity contribution in [3.63, 3.8) is 0 Å². The van der Waals surface area contributed by atoms with Crippen LogP contribution in [0.2, 0.25) is 0 Å². The molecule has 1 rings (SSSR count). The molecule has 54 valence electrons. The first kappa shape index (κ1) is 7.27. The lowest BCUT2D eigenvalue weighted by molar-refractivity contribution is -0.115. The zero-order chi connectivity index (χ0) is 7.56. The van der Waals surface area contributed by atoms with Crippen molar-refractivity contribution < 1.29 is 9.32 Å². The molecule has 0 aliphatic rings. The Kier molecular flexibility index (Phi) is 2.06. The number of halogens is 1. The van der Waals surface area contributed by atoms with Crippen LogP contribution in [0, 0.1) is 0 Å². The van der Waals surface area contributed by atoms with Crippen LogP contribution in [0.3, 0.4) is 0 Å². The zero-order valence-corrected chi connectivity index (χ0v) is 6.83. The van der Waals surface area contributed by atoms with E-state index in [1.54, 1.807) is 6.07 Å². The van der Waals surface area contributed by atoms with Gasteiger partial charge in [-0.3, -0.25) is 4.79 Å². The highest BCUT2D eigenvalue weighted by atomic mass is 79.9. The van der Waals surface area contributed by atoms with Crippen LogP contribution in [0.1, 0.15) is 6.92 Å². The number of hydrogen-bond donors (Lipinski definition) is 0. The summed E-state index contributed by atoms with van der Waals surface area (Å²) in [5, 5.41) is 3.52. The van der Waals surface area contributed by atoms with Gasteiger partial charge in [0.15, 0.2) is 5.82 Å². The van der Waals surface area contributed by atoms with Crippen molar-refractivity contribution in [2.45, 2.75) is 6.92 Å². The maximum absolute atomic E-state index is 10.6. The van der Waals surface area contributed by atoms with Crippen molar-refractivity contribution >= 4 is 27.9 Å². The van der Waals surface area contributed by atoms with Crippen molar-refractivity contribution in [3.8, 4) is 0 Å². The maximum Gasteiger partial charge on any atom is 0.235 e. The van der Waals surface area contributed by atoms with Crippen LogP contribution in [0.4, 0.5) is 5.82 Å². The van der Waals surface area contributed by atoms with Gasteiger partial charge < -0.3 is 4.52 Å². The minimum Gasteiger partial charge on any atom is -0.363 e. The quantitative estimate of drug-likeness (QED) is 0.649. The number of carbonyl (C=O) groups excluding carboxylic acids is 1. The SMILES string of the molecule is CC(=O)N(Br)c1ccon1. The Morgan fingerprint density at radius 2 is 2.60 bits per heavy atom. The van der Waals surface area contributed by atoms with E-state index in [2.05, 4.69) is 25.8 Å². The molecule has 0 spiro atoms. The van der Waals surface area contributed by atoms with Gasteiger partial charge in [0, 0.05) is 13.0 Å². The maximum atomic E-state index is 10.6. The first-order valence-corrected chi connectivity index (χ1v) is 3.29. The lowest BCUT2D eigenvalue weighted by atomic mass is 10.6. The molecule has 0 atom stereocenters. The fraction of sp³-hybridized carbons (Fsp3) is 0.200. The molecule has 0 saturated carbocycles. The van der Waals surface area contributed by atoms with E-state index in [4.69, 9.17) is 0 Å². The number of rotatable bonds is 1. The van der Waals surface area contributed by atoms with Crippen LogP contribution in [0.15, 0.2) is 16.9 Å². The molecule has 4 nitrogen and oxygen atoms in total. The summed E-state index contributed by atoms with van der Waals surface area (Å²) in [4.78, 5) is 10.6. The second-order valence-corrected chi connectivity index (χ2v) is 2.37. The van der Waals surface area contributed by atoms with Crippen LogP contribution in [-0.2, 0) is 4.79 Å². The monoisotopic (exact) mass is 204 g/mol. The van der Waals surface area contributed by atoms with Gasteiger partial charge in [0.25, 0.3) is 0 Å². The summed E-state index contributed by atoms with van der Waals surface area (Å²) in [7, 11) is 0. The molecule has 1 heterocycles. The number of anilines is 1. The van der Waals surface area contributed by atoms with Crippen LogP contribution >= 0.6 is 16.1 Å². The van der Waals surface area contributed by atoms with Crippen molar-refractivity contribution in [2.75, 3.05) is 3.93 Å². The molecule has 0 N–H and O–H groups in total. The summed E-state index contributed by atoms with van der Waals surface area (Å²) < 4.78 is 5.73. The van der Waals surface area contributed by atoms with Gasteiger partial charge >= 0.3 is 0 Å². The smallest absolute Gasteiger partial charge is 0.235 e. The molecule has 0 saturated heterocycles. The van der Waals surface area contributed by atoms with Gasteiger partial charge in [-0.25, -0.2) is 3.93 Å². The van der Waals surface area contributed by atoms with Gasteiger partial charge in [0.05, 0.1) is 16.1 Å². The van der Waals surface area contributed by atoms with Gasteiger partial charge in [-0.1, -0.05) is 5.16 Å². The predicted molar refractivity (Wildman–Crippen MR) is 38.6 cm³/mol. The summed E-state index contributed by atoms with van der Waals surface area (Å²) in [6.45, 7) is 1.42. The van der Waals surface area contributed by atoms with E-state index in [0.717, 1.165) is 0 Å². The standard InChI is InChI=1S/C5H5BrN2O2/c1-4(9)8(6)5-2-3-10-7-5/h2-3H,1H3. The molecule has 0 aliphatic carbocycles. The Morgan fingerprint density at radius 1 is 1.90 bits per heavy atom. The second-order valence-electron chi connectivity index (χ2n) is 1.66. The van der Waals surface area contributed by atoms with E-state index >= 15 is 0 Å². The van der Waals surface area contributed by atoms with E-state index < -0.39 is 0 Å². The molecule has 0 unspecified atom stereocenters. The fourth-order valence-electron chi connectivity index (χ4n) is 0.469. The van der Waals surface area contributed by atoms with Crippen LogP contribution in [-0.4, -0.2) is 11.1 Å². The third-order valence-corrected chi connectivity index (χ3v) is 1.76. The van der Waals surface area contributed by atoms with Crippen molar-refractivity contribution in [2.24, 2.45) is 0 Å². The van der Waals surface area contributed by atoms with Crippen LogP contribution in [0.25, 0.3) is 0 Å². The van der Waals surface area contributed by atoms with E-state index in [0.29, 0.717) is 5.82 Å². The Balaban J connectivity index is 2.77. The Bertz CT molecular complexity index is 222. The highest BCUT2D eigenvalue weighted by Gasteiger charge is 2.09. The first-order chi connectivity index (χ1) is 4.72. The van der Waals surface area contributed by atoms with Crippen LogP contribution in [0.5, 0.6) is 0 Å². The number of hydrogen-bond acceptors (Lipinski definition) is 3. The molecule has 5 heteroatoms. The molecule has 1 aromatic heterocycles. The van der Waals surface area contributed by atoms with Gasteiger partial charge in [0.1, 0.15) is 6.26 Å². The van der Waals surface area contributed by atoms with E-state index in [1.165, 1.54) is 17.1 Å². The highest BCUT2D eigenvalue weighted by molar-refractivity contribution is 9.10. The Labute approximate surface area is 66.1 Å². The number of carbonyl (C=O) groups is 1. The Morgan fingerprint density at radius 3 is 3.00 bits per heavy atom. The molecule has 0 radical (unpaired) electrons. The summed E-state index contributed by atoms with van der Waals surface area (Å²) in [6.07, 6.45) is 1.40. The summed E-state index contributed by atoms with van der Waals surface area (Å²) in [5.74, 6) is 0.307. The third kappa shape index (κ3) is 1.36. The minimum atomic E-state index is -0.145. The molecule has 10 heavy (non-hydrogen) atoms. The summed E-state index contributed by atoms with van der Waals surface area (Å²) >= 11 is 2.99. The number of aromatic nitrogens is 1.